The molecule has 0 saturated heterocycles. The smallest absolute Gasteiger partial charge is 0.272 e. The van der Waals surface area contributed by atoms with Crippen molar-refractivity contribution in [2.75, 3.05) is 25.7 Å². The number of nitrogens with zero attached hydrogens (tertiary/aromatic N) is 3. The van der Waals surface area contributed by atoms with Crippen molar-refractivity contribution in [1.29, 1.82) is 0 Å². The molecule has 3 rings (SSSR count). The SMILES string of the molecule is CCCCN(C)C(=O)c1cc(Nc2ccc3c(c2)OCO3)nc(C)n1. The van der Waals surface area contributed by atoms with Crippen LogP contribution in [0.15, 0.2) is 24.3 Å². The lowest BCUT2D eigenvalue weighted by Gasteiger charge is -2.17. The van der Waals surface area contributed by atoms with Crippen molar-refractivity contribution >= 4 is 17.4 Å². The highest BCUT2D eigenvalue weighted by molar-refractivity contribution is 5.93. The molecule has 7 heteroatoms. The van der Waals surface area contributed by atoms with Gasteiger partial charge in [-0.05, 0) is 25.5 Å². The molecule has 0 aliphatic carbocycles. The summed E-state index contributed by atoms with van der Waals surface area (Å²) in [6.07, 6.45) is 2.01. The van der Waals surface area contributed by atoms with Crippen LogP contribution in [0.4, 0.5) is 11.5 Å². The van der Waals surface area contributed by atoms with E-state index in [-0.39, 0.29) is 12.7 Å². The number of aryl methyl sites for hydroxylation is 1. The number of hydrogen-bond acceptors (Lipinski definition) is 6. The Morgan fingerprint density at radius 3 is 2.84 bits per heavy atom. The molecule has 1 amide bonds. The average molecular weight is 342 g/mol. The summed E-state index contributed by atoms with van der Waals surface area (Å²) >= 11 is 0. The van der Waals surface area contributed by atoms with Gasteiger partial charge in [0.25, 0.3) is 5.91 Å². The lowest BCUT2D eigenvalue weighted by molar-refractivity contribution is 0.0787. The number of unbranched alkanes of at least 4 members (excludes halogenated alkanes) is 1. The van der Waals surface area contributed by atoms with Gasteiger partial charge in [-0.25, -0.2) is 9.97 Å². The molecule has 1 aliphatic heterocycles. The van der Waals surface area contributed by atoms with Crippen molar-refractivity contribution in [3.05, 3.63) is 35.8 Å². The molecule has 0 spiro atoms. The molecule has 0 bridgehead atoms. The lowest BCUT2D eigenvalue weighted by atomic mass is 10.2. The minimum Gasteiger partial charge on any atom is -0.454 e. The van der Waals surface area contributed by atoms with Gasteiger partial charge in [0.05, 0.1) is 0 Å². The van der Waals surface area contributed by atoms with E-state index in [2.05, 4.69) is 22.2 Å². The van der Waals surface area contributed by atoms with Crippen LogP contribution in [0, 0.1) is 6.92 Å². The van der Waals surface area contributed by atoms with Crippen LogP contribution in [-0.2, 0) is 0 Å². The monoisotopic (exact) mass is 342 g/mol. The number of anilines is 2. The molecule has 7 nitrogen and oxygen atoms in total. The molecule has 2 heterocycles. The first-order valence-electron chi connectivity index (χ1n) is 8.34. The molecule has 0 fully saturated rings. The summed E-state index contributed by atoms with van der Waals surface area (Å²) in [6.45, 7) is 4.81. The molecule has 0 atom stereocenters. The van der Waals surface area contributed by atoms with Gasteiger partial charge in [0.2, 0.25) is 6.79 Å². The van der Waals surface area contributed by atoms with Gasteiger partial charge < -0.3 is 19.7 Å². The summed E-state index contributed by atoms with van der Waals surface area (Å²) in [6, 6.07) is 7.22. The number of fused-ring (bicyclic) bond motifs is 1. The highest BCUT2D eigenvalue weighted by Crippen LogP contribution is 2.34. The van der Waals surface area contributed by atoms with Crippen LogP contribution in [0.25, 0.3) is 0 Å². The number of carbonyl (C=O) groups excluding carboxylic acids is 1. The summed E-state index contributed by atoms with van der Waals surface area (Å²) < 4.78 is 10.7. The van der Waals surface area contributed by atoms with Crippen LogP contribution in [0.2, 0.25) is 0 Å². The lowest BCUT2D eigenvalue weighted by Crippen LogP contribution is -2.28. The Balaban J connectivity index is 1.78. The van der Waals surface area contributed by atoms with Crippen LogP contribution in [0.5, 0.6) is 11.5 Å². The molecule has 1 aromatic carbocycles. The van der Waals surface area contributed by atoms with Crippen molar-refractivity contribution < 1.29 is 14.3 Å². The van der Waals surface area contributed by atoms with E-state index in [1.54, 1.807) is 24.9 Å². The van der Waals surface area contributed by atoms with Crippen molar-refractivity contribution in [2.24, 2.45) is 0 Å². The van der Waals surface area contributed by atoms with Gasteiger partial charge in [0.15, 0.2) is 11.5 Å². The first kappa shape index (κ1) is 17.0. The summed E-state index contributed by atoms with van der Waals surface area (Å²) in [5.74, 6) is 2.41. The van der Waals surface area contributed by atoms with Gasteiger partial charge in [-0.2, -0.15) is 0 Å². The number of nitrogens with one attached hydrogen (secondary N) is 1. The Bertz CT molecular complexity index is 779. The third-order valence-corrected chi connectivity index (χ3v) is 3.90. The van der Waals surface area contributed by atoms with Crippen molar-refractivity contribution in [3.8, 4) is 11.5 Å². The fraction of sp³-hybridized carbons (Fsp3) is 0.389. The number of amides is 1. The fourth-order valence-corrected chi connectivity index (χ4v) is 2.56. The molecule has 132 valence electrons. The molecular weight excluding hydrogens is 320 g/mol. The highest BCUT2D eigenvalue weighted by atomic mass is 16.7. The van der Waals surface area contributed by atoms with Crippen molar-refractivity contribution in [3.63, 3.8) is 0 Å². The predicted octanol–water partition coefficient (Wildman–Crippen LogP) is 3.13. The molecule has 1 aromatic heterocycles. The summed E-state index contributed by atoms with van der Waals surface area (Å²) in [7, 11) is 1.79. The molecule has 1 N–H and O–H groups in total. The third-order valence-electron chi connectivity index (χ3n) is 3.90. The van der Waals surface area contributed by atoms with Crippen LogP contribution in [-0.4, -0.2) is 41.2 Å². The van der Waals surface area contributed by atoms with E-state index in [4.69, 9.17) is 9.47 Å². The largest absolute Gasteiger partial charge is 0.454 e. The minimum atomic E-state index is -0.104. The Morgan fingerprint density at radius 1 is 1.24 bits per heavy atom. The normalized spacial score (nSPS) is 12.1. The number of carbonyl (C=O) groups is 1. The minimum absolute atomic E-state index is 0.104. The average Bonchev–Trinajstić information content (AvgIpc) is 3.06. The number of hydrogen-bond donors (Lipinski definition) is 1. The second-order valence-electron chi connectivity index (χ2n) is 5.96. The number of rotatable bonds is 6. The zero-order chi connectivity index (χ0) is 17.8. The van der Waals surface area contributed by atoms with Crippen LogP contribution in [0.1, 0.15) is 36.1 Å². The summed E-state index contributed by atoms with van der Waals surface area (Å²) in [4.78, 5) is 22.9. The molecule has 0 saturated carbocycles. The summed E-state index contributed by atoms with van der Waals surface area (Å²) in [5.41, 5.74) is 1.19. The molecule has 1 aliphatic rings. The Hall–Kier alpha value is -2.83. The molecule has 2 aromatic rings. The number of aromatic nitrogens is 2. The molecular formula is C18H22N4O3. The Morgan fingerprint density at radius 2 is 2.04 bits per heavy atom. The fourth-order valence-electron chi connectivity index (χ4n) is 2.56. The van der Waals surface area contributed by atoms with Gasteiger partial charge in [-0.1, -0.05) is 13.3 Å². The van der Waals surface area contributed by atoms with E-state index in [1.807, 2.05) is 18.2 Å². The predicted molar refractivity (Wildman–Crippen MR) is 94.5 cm³/mol. The van der Waals surface area contributed by atoms with E-state index in [1.165, 1.54) is 0 Å². The topological polar surface area (TPSA) is 76.6 Å². The van der Waals surface area contributed by atoms with E-state index >= 15 is 0 Å². The van der Waals surface area contributed by atoms with Crippen molar-refractivity contribution in [1.82, 2.24) is 14.9 Å². The Kier molecular flexibility index (Phi) is 5.02. The van der Waals surface area contributed by atoms with Gasteiger partial charge in [-0.3, -0.25) is 4.79 Å². The van der Waals surface area contributed by atoms with Crippen LogP contribution in [0.3, 0.4) is 0 Å². The van der Waals surface area contributed by atoms with E-state index in [0.717, 1.165) is 24.3 Å². The summed E-state index contributed by atoms with van der Waals surface area (Å²) in [5, 5.41) is 3.19. The van der Waals surface area contributed by atoms with E-state index in [0.29, 0.717) is 29.6 Å². The number of ether oxygens (including phenoxy) is 2. The van der Waals surface area contributed by atoms with Crippen molar-refractivity contribution in [2.45, 2.75) is 26.7 Å². The first-order chi connectivity index (χ1) is 12.1. The second kappa shape index (κ2) is 7.38. The van der Waals surface area contributed by atoms with Gasteiger partial charge in [0, 0.05) is 31.4 Å². The molecule has 0 radical (unpaired) electrons. The molecule has 0 unspecified atom stereocenters. The molecule has 25 heavy (non-hydrogen) atoms. The zero-order valence-electron chi connectivity index (χ0n) is 14.7. The maximum absolute atomic E-state index is 12.5. The zero-order valence-corrected chi connectivity index (χ0v) is 14.7. The van der Waals surface area contributed by atoms with Gasteiger partial charge >= 0.3 is 0 Å². The van der Waals surface area contributed by atoms with Gasteiger partial charge in [-0.15, -0.1) is 0 Å². The number of benzene rings is 1. The van der Waals surface area contributed by atoms with E-state index < -0.39 is 0 Å². The standard InChI is InChI=1S/C18H22N4O3/c1-4-5-8-22(3)18(23)14-10-17(20-12(2)19-14)21-13-6-7-15-16(9-13)25-11-24-15/h6-7,9-10H,4-5,8,11H2,1-3H3,(H,19,20,21). The Labute approximate surface area is 147 Å². The maximum Gasteiger partial charge on any atom is 0.272 e. The maximum atomic E-state index is 12.5. The second-order valence-corrected chi connectivity index (χ2v) is 5.96. The first-order valence-corrected chi connectivity index (χ1v) is 8.34. The quantitative estimate of drug-likeness (QED) is 0.869. The third kappa shape index (κ3) is 3.99. The highest BCUT2D eigenvalue weighted by Gasteiger charge is 2.16. The van der Waals surface area contributed by atoms with E-state index in [9.17, 15) is 4.79 Å². The van der Waals surface area contributed by atoms with Crippen LogP contribution < -0.4 is 14.8 Å². The van der Waals surface area contributed by atoms with Gasteiger partial charge in [0.1, 0.15) is 17.3 Å². The van der Waals surface area contributed by atoms with Crippen LogP contribution >= 0.6 is 0 Å².